The van der Waals surface area contributed by atoms with E-state index in [1.165, 1.54) is 12.1 Å². The summed E-state index contributed by atoms with van der Waals surface area (Å²) in [6.07, 6.45) is 3.57. The predicted octanol–water partition coefficient (Wildman–Crippen LogP) is 0.584. The summed E-state index contributed by atoms with van der Waals surface area (Å²) in [7, 11) is 0. The quantitative estimate of drug-likeness (QED) is 0.0838. The molecule has 0 saturated carbocycles. The zero-order valence-corrected chi connectivity index (χ0v) is 24.0. The number of unbranched alkanes of at least 4 members (excludes halogenated alkanes) is 1. The van der Waals surface area contributed by atoms with E-state index >= 15 is 0 Å². The Labute approximate surface area is 249 Å². The molecule has 2 aromatic carbocycles. The maximum Gasteiger partial charge on any atom is 0.326 e. The molecule has 3 rings (SSSR count). The van der Waals surface area contributed by atoms with Crippen LogP contribution in [0.3, 0.4) is 0 Å². The van der Waals surface area contributed by atoms with Crippen LogP contribution in [0.2, 0.25) is 0 Å². The fourth-order valence-corrected chi connectivity index (χ4v) is 4.71. The maximum atomic E-state index is 13.5. The number of benzene rings is 2. The first-order chi connectivity index (χ1) is 20.1. The third-order valence-corrected chi connectivity index (χ3v) is 7.21. The van der Waals surface area contributed by atoms with E-state index in [-0.39, 0.29) is 24.3 Å². The Morgan fingerprint density at radius 1 is 0.857 bits per heavy atom. The van der Waals surface area contributed by atoms with Gasteiger partial charge in [-0.05, 0) is 48.7 Å². The van der Waals surface area contributed by atoms with Crippen molar-refractivity contribution in [1.29, 1.82) is 0 Å². The second kappa shape index (κ2) is 15.8. The molecule has 42 heavy (non-hydrogen) atoms. The van der Waals surface area contributed by atoms with Gasteiger partial charge in [0.1, 0.15) is 23.9 Å². The molecular formula is C29H38N6O6S. The molecule has 4 atom stereocenters. The Balaban J connectivity index is 1.74. The molecule has 13 heteroatoms. The minimum Gasteiger partial charge on any atom is -0.508 e. The van der Waals surface area contributed by atoms with Crippen LogP contribution in [-0.2, 0) is 32.0 Å². The highest BCUT2D eigenvalue weighted by Crippen LogP contribution is 2.19. The molecule has 0 bridgehead atoms. The van der Waals surface area contributed by atoms with Crippen molar-refractivity contribution < 1.29 is 29.4 Å². The van der Waals surface area contributed by atoms with Gasteiger partial charge in [0.15, 0.2) is 0 Å². The highest BCUT2D eigenvalue weighted by Gasteiger charge is 2.30. The number of H-pyrrole nitrogens is 1. The fraction of sp³-hybridized carbons (Fsp3) is 0.379. The van der Waals surface area contributed by atoms with E-state index in [9.17, 15) is 29.4 Å². The summed E-state index contributed by atoms with van der Waals surface area (Å²) in [5, 5.41) is 27.8. The second-order valence-electron chi connectivity index (χ2n) is 10.0. The normalized spacial score (nSPS) is 14.0. The van der Waals surface area contributed by atoms with Crippen molar-refractivity contribution in [2.75, 3.05) is 12.3 Å². The number of nitrogens with one attached hydrogen (secondary N) is 4. The van der Waals surface area contributed by atoms with E-state index in [1.807, 2.05) is 24.3 Å². The number of carboxylic acid groups (broad SMARTS) is 1. The van der Waals surface area contributed by atoms with Gasteiger partial charge in [-0.25, -0.2) is 4.79 Å². The number of aromatic hydroxyl groups is 1. The molecule has 0 aliphatic heterocycles. The number of phenols is 1. The van der Waals surface area contributed by atoms with E-state index in [2.05, 4.69) is 33.6 Å². The topological polar surface area (TPSA) is 213 Å². The number of amides is 3. The Kier molecular flexibility index (Phi) is 12.2. The van der Waals surface area contributed by atoms with Gasteiger partial charge in [0.25, 0.3) is 0 Å². The first-order valence-electron chi connectivity index (χ1n) is 13.7. The molecule has 0 aliphatic rings. The van der Waals surface area contributed by atoms with Gasteiger partial charge >= 0.3 is 5.97 Å². The Morgan fingerprint density at radius 2 is 1.50 bits per heavy atom. The van der Waals surface area contributed by atoms with Crippen molar-refractivity contribution in [1.82, 2.24) is 20.9 Å². The van der Waals surface area contributed by atoms with Gasteiger partial charge in [0.2, 0.25) is 17.7 Å². The van der Waals surface area contributed by atoms with E-state index in [1.54, 1.807) is 18.3 Å². The number of carbonyl (C=O) groups is 4. The molecule has 3 amide bonds. The number of aromatic amines is 1. The first kappa shape index (κ1) is 32.4. The molecule has 3 aromatic rings. The summed E-state index contributed by atoms with van der Waals surface area (Å²) in [5.74, 6) is -3.29. The van der Waals surface area contributed by atoms with Crippen molar-refractivity contribution in [3.05, 3.63) is 65.9 Å². The lowest BCUT2D eigenvalue weighted by atomic mass is 10.0. The van der Waals surface area contributed by atoms with Gasteiger partial charge in [-0.15, -0.1) is 0 Å². The number of fused-ring (bicyclic) bond motifs is 1. The Hall–Kier alpha value is -4.07. The summed E-state index contributed by atoms with van der Waals surface area (Å²) in [4.78, 5) is 54.5. The number of hydrogen-bond acceptors (Lipinski definition) is 8. The standard InChI is InChI=1S/C29H38N6O6S/c30-12-4-3-6-21(31)26(37)33-23(14-18-15-32-22-7-2-1-5-20(18)22)27(38)35-25(16-42)28(39)34-24(29(40)41)13-17-8-10-19(36)11-9-17/h1-2,5,7-11,15,21,23-25,32,36,42H,3-4,6,12-14,16,30-31H2,(H,33,37)(H,34,39)(H,35,38)(H,40,41). The average Bonchev–Trinajstić information content (AvgIpc) is 3.38. The first-order valence-corrected chi connectivity index (χ1v) is 14.3. The Bertz CT molecular complexity index is 1360. The van der Waals surface area contributed by atoms with Gasteiger partial charge in [0.05, 0.1) is 6.04 Å². The number of aromatic nitrogens is 1. The fourth-order valence-electron chi connectivity index (χ4n) is 4.45. The number of phenolic OH excluding ortho intramolecular Hbond substituents is 1. The van der Waals surface area contributed by atoms with Crippen molar-refractivity contribution >= 4 is 47.2 Å². The van der Waals surface area contributed by atoms with Gasteiger partial charge < -0.3 is 42.6 Å². The predicted molar refractivity (Wildman–Crippen MR) is 162 cm³/mol. The minimum atomic E-state index is -1.30. The number of aliphatic carboxylic acids is 1. The number of rotatable bonds is 16. The third-order valence-electron chi connectivity index (χ3n) is 6.84. The molecule has 0 saturated heterocycles. The van der Waals surface area contributed by atoms with Gasteiger partial charge in [-0.2, -0.15) is 12.6 Å². The zero-order chi connectivity index (χ0) is 30.6. The maximum absolute atomic E-state index is 13.5. The molecule has 226 valence electrons. The molecule has 12 nitrogen and oxygen atoms in total. The summed E-state index contributed by atoms with van der Waals surface area (Å²) < 4.78 is 0. The van der Waals surface area contributed by atoms with Crippen LogP contribution in [0.1, 0.15) is 30.4 Å². The monoisotopic (exact) mass is 598 g/mol. The van der Waals surface area contributed by atoms with Gasteiger partial charge in [-0.1, -0.05) is 36.8 Å². The molecule has 4 unspecified atom stereocenters. The molecule has 0 aliphatic carbocycles. The van der Waals surface area contributed by atoms with Crippen LogP contribution in [0.25, 0.3) is 10.9 Å². The van der Waals surface area contributed by atoms with Crippen molar-refractivity contribution in [2.24, 2.45) is 11.5 Å². The third kappa shape index (κ3) is 9.23. The Morgan fingerprint density at radius 3 is 2.17 bits per heavy atom. The van der Waals surface area contributed by atoms with E-state index < -0.39 is 47.9 Å². The summed E-state index contributed by atoms with van der Waals surface area (Å²) in [6, 6.07) is 9.02. The van der Waals surface area contributed by atoms with Gasteiger partial charge in [0, 0.05) is 35.7 Å². The summed E-state index contributed by atoms with van der Waals surface area (Å²) in [6.45, 7) is 0.477. The van der Waals surface area contributed by atoms with Crippen molar-refractivity contribution in [3.63, 3.8) is 0 Å². The molecule has 1 heterocycles. The lowest BCUT2D eigenvalue weighted by Gasteiger charge is -2.24. The molecule has 0 spiro atoms. The number of thiol groups is 1. The summed E-state index contributed by atoms with van der Waals surface area (Å²) in [5.41, 5.74) is 13.8. The molecule has 10 N–H and O–H groups in total. The molecular weight excluding hydrogens is 560 g/mol. The average molecular weight is 599 g/mol. The zero-order valence-electron chi connectivity index (χ0n) is 23.1. The number of carbonyl (C=O) groups excluding carboxylic acids is 3. The van der Waals surface area contributed by atoms with Crippen LogP contribution < -0.4 is 27.4 Å². The highest BCUT2D eigenvalue weighted by atomic mass is 32.1. The van der Waals surface area contributed by atoms with E-state index in [4.69, 9.17) is 11.5 Å². The number of carboxylic acids is 1. The largest absolute Gasteiger partial charge is 0.508 e. The lowest BCUT2D eigenvalue weighted by Crippen LogP contribution is -2.58. The number of para-hydroxylation sites is 1. The number of nitrogens with two attached hydrogens (primary N) is 2. The van der Waals surface area contributed by atoms with Crippen LogP contribution in [-0.4, -0.2) is 75.4 Å². The number of hydrogen-bond donors (Lipinski definition) is 9. The summed E-state index contributed by atoms with van der Waals surface area (Å²) >= 11 is 4.20. The highest BCUT2D eigenvalue weighted by molar-refractivity contribution is 7.80. The van der Waals surface area contributed by atoms with Crippen LogP contribution in [0.5, 0.6) is 5.75 Å². The van der Waals surface area contributed by atoms with Crippen LogP contribution in [0, 0.1) is 0 Å². The lowest BCUT2D eigenvalue weighted by molar-refractivity contribution is -0.142. The smallest absolute Gasteiger partial charge is 0.326 e. The van der Waals surface area contributed by atoms with Crippen molar-refractivity contribution in [2.45, 2.75) is 56.3 Å². The minimum absolute atomic E-state index is 0.0262. The molecule has 0 fully saturated rings. The van der Waals surface area contributed by atoms with Gasteiger partial charge in [-0.3, -0.25) is 14.4 Å². The molecule has 0 radical (unpaired) electrons. The van der Waals surface area contributed by atoms with Crippen LogP contribution in [0.15, 0.2) is 54.7 Å². The van der Waals surface area contributed by atoms with Crippen LogP contribution in [0.4, 0.5) is 0 Å². The second-order valence-corrected chi connectivity index (χ2v) is 10.4. The van der Waals surface area contributed by atoms with E-state index in [0.717, 1.165) is 16.5 Å². The van der Waals surface area contributed by atoms with E-state index in [0.29, 0.717) is 31.4 Å². The molecule has 1 aromatic heterocycles. The van der Waals surface area contributed by atoms with Crippen LogP contribution >= 0.6 is 12.6 Å². The van der Waals surface area contributed by atoms with Crippen molar-refractivity contribution in [3.8, 4) is 5.75 Å². The SMILES string of the molecule is NCCCCC(N)C(=O)NC(Cc1c[nH]c2ccccc12)C(=O)NC(CS)C(=O)NC(Cc1ccc(O)cc1)C(=O)O.